The number of anilines is 1. The molecule has 0 saturated heterocycles. The van der Waals surface area contributed by atoms with Gasteiger partial charge in [-0.2, -0.15) is 0 Å². The lowest BCUT2D eigenvalue weighted by Gasteiger charge is -2.15. The van der Waals surface area contributed by atoms with Gasteiger partial charge in [0.2, 0.25) is 5.88 Å². The van der Waals surface area contributed by atoms with Crippen molar-refractivity contribution in [3.8, 4) is 17.1 Å². The molecule has 0 aliphatic heterocycles. The normalized spacial score (nSPS) is 12.1. The van der Waals surface area contributed by atoms with E-state index >= 15 is 0 Å². The van der Waals surface area contributed by atoms with E-state index in [2.05, 4.69) is 25.6 Å². The largest absolute Gasteiger partial charge is 0.481 e. The molecule has 0 aliphatic rings. The maximum Gasteiger partial charge on any atom is 0.293 e. The molecule has 178 valence electrons. The molecule has 3 rings (SSSR count). The van der Waals surface area contributed by atoms with E-state index in [-0.39, 0.29) is 24.0 Å². The molecule has 0 aliphatic carbocycles. The highest BCUT2D eigenvalue weighted by molar-refractivity contribution is 5.80. The van der Waals surface area contributed by atoms with Crippen LogP contribution in [-0.4, -0.2) is 70.7 Å². The number of aliphatic hydroxyl groups excluding tert-OH is 1. The summed E-state index contributed by atoms with van der Waals surface area (Å²) in [6, 6.07) is 5.47. The second-order valence-corrected chi connectivity index (χ2v) is 7.64. The molecule has 3 aromatic heterocycles. The van der Waals surface area contributed by atoms with Crippen LogP contribution < -0.4 is 20.9 Å². The van der Waals surface area contributed by atoms with Crippen molar-refractivity contribution in [1.29, 1.82) is 0 Å². The third kappa shape index (κ3) is 6.47. The molecular formula is C23H32N6O4. The van der Waals surface area contributed by atoms with Crippen molar-refractivity contribution in [2.24, 2.45) is 0 Å². The average molecular weight is 457 g/mol. The maximum absolute atomic E-state index is 13.2. The number of hydrogen-bond acceptors (Lipinski definition) is 9. The fraction of sp³-hybridized carbons (Fsp3) is 0.478. The molecule has 3 heterocycles. The molecule has 1 atom stereocenters. The predicted octanol–water partition coefficient (Wildman–Crippen LogP) is 1.67. The Kier molecular flexibility index (Phi) is 9.11. The number of nitrogens with zero attached hydrogens (tertiary/aromatic N) is 4. The van der Waals surface area contributed by atoms with Crippen LogP contribution in [0.5, 0.6) is 5.88 Å². The topological polar surface area (TPSA) is 123 Å². The summed E-state index contributed by atoms with van der Waals surface area (Å²) in [5, 5.41) is 15.4. The lowest BCUT2D eigenvalue weighted by atomic mass is 10.2. The quantitative estimate of drug-likeness (QED) is 0.330. The average Bonchev–Trinajstić information content (AvgIpc) is 2.85. The van der Waals surface area contributed by atoms with Gasteiger partial charge in [0.05, 0.1) is 37.7 Å². The molecule has 0 aromatic carbocycles. The van der Waals surface area contributed by atoms with Crippen molar-refractivity contribution in [3.63, 3.8) is 0 Å². The predicted molar refractivity (Wildman–Crippen MR) is 128 cm³/mol. The van der Waals surface area contributed by atoms with Crippen LogP contribution in [0.15, 0.2) is 35.4 Å². The molecule has 0 amide bonds. The van der Waals surface area contributed by atoms with Gasteiger partial charge in [-0.15, -0.1) is 0 Å². The van der Waals surface area contributed by atoms with Crippen molar-refractivity contribution in [1.82, 2.24) is 24.8 Å². The summed E-state index contributed by atoms with van der Waals surface area (Å²) in [7, 11) is 1.57. The number of fused-ring (bicyclic) bond motifs is 1. The number of nitrogens with one attached hydrogen (secondary N) is 2. The highest BCUT2D eigenvalue weighted by Gasteiger charge is 2.13. The van der Waals surface area contributed by atoms with E-state index in [0.29, 0.717) is 55.5 Å². The molecule has 3 N–H and O–H groups in total. The Morgan fingerprint density at radius 2 is 2.03 bits per heavy atom. The molecule has 0 spiro atoms. The van der Waals surface area contributed by atoms with Crippen LogP contribution in [0.3, 0.4) is 0 Å². The number of pyridine rings is 2. The van der Waals surface area contributed by atoms with Gasteiger partial charge in [-0.3, -0.25) is 9.78 Å². The summed E-state index contributed by atoms with van der Waals surface area (Å²) in [5.74, 6) is 0.780. The van der Waals surface area contributed by atoms with Gasteiger partial charge in [-0.25, -0.2) is 9.97 Å². The van der Waals surface area contributed by atoms with E-state index in [1.807, 2.05) is 26.0 Å². The van der Waals surface area contributed by atoms with Crippen LogP contribution in [0.25, 0.3) is 22.3 Å². The van der Waals surface area contributed by atoms with Crippen molar-refractivity contribution >= 4 is 16.9 Å². The minimum Gasteiger partial charge on any atom is -0.481 e. The third-order valence-corrected chi connectivity index (χ3v) is 5.07. The Hall–Kier alpha value is -3.08. The van der Waals surface area contributed by atoms with Crippen LogP contribution in [0.4, 0.5) is 5.82 Å². The van der Waals surface area contributed by atoms with E-state index in [0.717, 1.165) is 12.0 Å². The number of methoxy groups -OCH3 is 1. The monoisotopic (exact) mass is 456 g/mol. The summed E-state index contributed by atoms with van der Waals surface area (Å²) in [4.78, 5) is 26.5. The fourth-order valence-corrected chi connectivity index (χ4v) is 3.26. The first kappa shape index (κ1) is 24.6. The zero-order valence-corrected chi connectivity index (χ0v) is 19.4. The van der Waals surface area contributed by atoms with E-state index in [4.69, 9.17) is 14.6 Å². The Morgan fingerprint density at radius 3 is 2.73 bits per heavy atom. The Bertz CT molecular complexity index is 1090. The van der Waals surface area contributed by atoms with Crippen LogP contribution >= 0.6 is 0 Å². The van der Waals surface area contributed by atoms with E-state index in [1.165, 1.54) is 0 Å². The van der Waals surface area contributed by atoms with E-state index in [1.54, 1.807) is 30.1 Å². The van der Waals surface area contributed by atoms with E-state index < -0.39 is 0 Å². The van der Waals surface area contributed by atoms with Crippen LogP contribution in [-0.2, 0) is 11.3 Å². The van der Waals surface area contributed by atoms with E-state index in [9.17, 15) is 4.79 Å². The highest BCUT2D eigenvalue weighted by atomic mass is 16.5. The van der Waals surface area contributed by atoms with Gasteiger partial charge in [0.25, 0.3) is 5.56 Å². The Balaban J connectivity index is 1.92. The summed E-state index contributed by atoms with van der Waals surface area (Å²) >= 11 is 0. The second kappa shape index (κ2) is 12.2. The minimum atomic E-state index is -0.220. The smallest absolute Gasteiger partial charge is 0.293 e. The number of aliphatic hydroxyl groups is 1. The molecule has 0 saturated carbocycles. The molecule has 0 unspecified atom stereocenters. The Labute approximate surface area is 193 Å². The number of ether oxygens (including phenoxy) is 2. The zero-order valence-electron chi connectivity index (χ0n) is 19.4. The molecule has 0 fully saturated rings. The summed E-state index contributed by atoms with van der Waals surface area (Å²) in [5.41, 5.74) is 2.56. The zero-order chi connectivity index (χ0) is 23.6. The van der Waals surface area contributed by atoms with Gasteiger partial charge in [0.1, 0.15) is 5.52 Å². The number of aromatic nitrogens is 4. The van der Waals surface area contributed by atoms with Crippen molar-refractivity contribution in [2.75, 3.05) is 45.3 Å². The molecule has 33 heavy (non-hydrogen) atoms. The van der Waals surface area contributed by atoms with Gasteiger partial charge in [0, 0.05) is 50.1 Å². The standard InChI is InChI=1S/C23H32N6O4/c1-4-10-33-11-9-29-20-12-18(17-5-6-21(32-3)27-13-17)26-14-19(20)28-22(23(29)31)25-8-7-24-16(2)15-30/h5-6,12-14,16,24,30H,4,7-11,15H2,1-3H3,(H,25,28)/t16-/m1/s1. The second-order valence-electron chi connectivity index (χ2n) is 7.64. The van der Waals surface area contributed by atoms with Crippen LogP contribution in [0.2, 0.25) is 0 Å². The van der Waals surface area contributed by atoms with Crippen molar-refractivity contribution < 1.29 is 14.6 Å². The van der Waals surface area contributed by atoms with Crippen molar-refractivity contribution in [2.45, 2.75) is 32.9 Å². The fourth-order valence-electron chi connectivity index (χ4n) is 3.26. The molecule has 0 bridgehead atoms. The summed E-state index contributed by atoms with van der Waals surface area (Å²) in [6.07, 6.45) is 4.26. The lowest BCUT2D eigenvalue weighted by Crippen LogP contribution is -2.34. The van der Waals surface area contributed by atoms with Gasteiger partial charge in [-0.05, 0) is 25.5 Å². The minimum absolute atomic E-state index is 0.0150. The van der Waals surface area contributed by atoms with Gasteiger partial charge >= 0.3 is 0 Å². The first-order chi connectivity index (χ1) is 16.1. The first-order valence-corrected chi connectivity index (χ1v) is 11.1. The molecule has 3 aromatic rings. The first-order valence-electron chi connectivity index (χ1n) is 11.1. The number of hydrogen-bond donors (Lipinski definition) is 3. The molecule has 10 heteroatoms. The highest BCUT2D eigenvalue weighted by Crippen LogP contribution is 2.22. The van der Waals surface area contributed by atoms with Gasteiger partial charge in [0.15, 0.2) is 5.82 Å². The molecular weight excluding hydrogens is 424 g/mol. The third-order valence-electron chi connectivity index (χ3n) is 5.07. The summed E-state index contributed by atoms with van der Waals surface area (Å²) in [6.45, 7) is 6.52. The SMILES string of the molecule is CCCOCCn1c(=O)c(NCCN[C@H](C)CO)nc2cnc(-c3ccc(OC)nc3)cc21. The maximum atomic E-state index is 13.2. The number of rotatable bonds is 13. The van der Waals surface area contributed by atoms with Crippen LogP contribution in [0.1, 0.15) is 20.3 Å². The Morgan fingerprint density at radius 1 is 1.18 bits per heavy atom. The van der Waals surface area contributed by atoms with Crippen LogP contribution in [0, 0.1) is 0 Å². The molecule has 0 radical (unpaired) electrons. The van der Waals surface area contributed by atoms with Crippen molar-refractivity contribution in [3.05, 3.63) is 40.9 Å². The lowest BCUT2D eigenvalue weighted by molar-refractivity contribution is 0.127. The molecule has 10 nitrogen and oxygen atoms in total. The van der Waals surface area contributed by atoms with Gasteiger partial charge < -0.3 is 29.8 Å². The summed E-state index contributed by atoms with van der Waals surface area (Å²) < 4.78 is 12.4. The van der Waals surface area contributed by atoms with Gasteiger partial charge in [-0.1, -0.05) is 6.92 Å².